The van der Waals surface area contributed by atoms with E-state index in [1.807, 2.05) is 19.1 Å². The molecular formula is C17H20N2O. The minimum Gasteiger partial charge on any atom is -0.494 e. The Hall–Kier alpha value is -1.84. The molecule has 1 aliphatic rings. The van der Waals surface area contributed by atoms with E-state index in [9.17, 15) is 0 Å². The van der Waals surface area contributed by atoms with Gasteiger partial charge in [-0.05, 0) is 42.2 Å². The van der Waals surface area contributed by atoms with Crippen molar-refractivity contribution in [2.75, 3.05) is 6.61 Å². The second-order valence-corrected chi connectivity index (χ2v) is 5.16. The lowest BCUT2D eigenvalue weighted by atomic mass is 9.72. The number of nitrogens with two attached hydrogens (primary N) is 1. The molecule has 0 heterocycles. The van der Waals surface area contributed by atoms with Crippen molar-refractivity contribution in [3.05, 3.63) is 65.2 Å². The van der Waals surface area contributed by atoms with Crippen molar-refractivity contribution in [1.29, 1.82) is 0 Å². The third-order valence-electron chi connectivity index (χ3n) is 4.03. The number of fused-ring (bicyclic) bond motifs is 1. The fraction of sp³-hybridized carbons (Fsp3) is 0.294. The van der Waals surface area contributed by atoms with E-state index in [4.69, 9.17) is 10.6 Å². The average Bonchev–Trinajstić information content (AvgIpc) is 2.46. The summed E-state index contributed by atoms with van der Waals surface area (Å²) in [5.41, 5.74) is 7.02. The first-order valence-electron chi connectivity index (χ1n) is 7.10. The van der Waals surface area contributed by atoms with E-state index in [2.05, 4.69) is 41.8 Å². The van der Waals surface area contributed by atoms with Crippen LogP contribution in [0.1, 0.15) is 35.6 Å². The summed E-state index contributed by atoms with van der Waals surface area (Å²) in [7, 11) is 0. The zero-order valence-corrected chi connectivity index (χ0v) is 11.7. The highest BCUT2D eigenvalue weighted by atomic mass is 16.5. The summed E-state index contributed by atoms with van der Waals surface area (Å²) in [6.45, 7) is 2.68. The summed E-state index contributed by atoms with van der Waals surface area (Å²) in [5.74, 6) is 7.14. The van der Waals surface area contributed by atoms with E-state index in [0.717, 1.165) is 12.2 Å². The summed E-state index contributed by atoms with van der Waals surface area (Å²) in [4.78, 5) is 0. The molecule has 0 spiro atoms. The number of hydrogen-bond acceptors (Lipinski definition) is 3. The van der Waals surface area contributed by atoms with Gasteiger partial charge in [0.15, 0.2) is 0 Å². The van der Waals surface area contributed by atoms with Gasteiger partial charge < -0.3 is 4.74 Å². The van der Waals surface area contributed by atoms with Crippen molar-refractivity contribution in [2.24, 2.45) is 5.84 Å². The number of nitrogens with one attached hydrogen (secondary N) is 1. The molecule has 2 aromatic carbocycles. The van der Waals surface area contributed by atoms with Crippen LogP contribution >= 0.6 is 0 Å². The molecule has 3 nitrogen and oxygen atoms in total. The molecule has 20 heavy (non-hydrogen) atoms. The van der Waals surface area contributed by atoms with Gasteiger partial charge in [-0.1, -0.05) is 36.4 Å². The zero-order valence-electron chi connectivity index (χ0n) is 11.7. The predicted octanol–water partition coefficient (Wildman–Crippen LogP) is 2.93. The van der Waals surface area contributed by atoms with Crippen molar-refractivity contribution in [3.8, 4) is 5.75 Å². The molecule has 0 aliphatic heterocycles. The first-order chi connectivity index (χ1) is 9.83. The van der Waals surface area contributed by atoms with Crippen LogP contribution in [0.4, 0.5) is 0 Å². The SMILES string of the molecule is CCOc1ccc(C(NN)C2Cc3ccccc32)cc1. The maximum absolute atomic E-state index is 5.79. The number of hydrogen-bond donors (Lipinski definition) is 2. The molecule has 3 rings (SSSR count). The fourth-order valence-electron chi connectivity index (χ4n) is 2.98. The standard InChI is InChI=1S/C17H20N2O/c1-2-20-14-9-7-12(8-10-14)17(19-18)16-11-13-5-3-4-6-15(13)16/h3-10,16-17,19H,2,11,18H2,1H3. The van der Waals surface area contributed by atoms with Crippen LogP contribution in [0.2, 0.25) is 0 Å². The maximum Gasteiger partial charge on any atom is 0.119 e. The number of rotatable bonds is 5. The minimum absolute atomic E-state index is 0.153. The molecule has 3 heteroatoms. The van der Waals surface area contributed by atoms with E-state index in [-0.39, 0.29) is 6.04 Å². The average molecular weight is 268 g/mol. The van der Waals surface area contributed by atoms with Gasteiger partial charge in [-0.15, -0.1) is 0 Å². The van der Waals surface area contributed by atoms with Crippen LogP contribution < -0.4 is 16.0 Å². The molecule has 0 saturated carbocycles. The lowest BCUT2D eigenvalue weighted by Gasteiger charge is -2.36. The molecule has 2 atom stereocenters. The fourth-order valence-corrected chi connectivity index (χ4v) is 2.98. The van der Waals surface area contributed by atoms with Gasteiger partial charge in [-0.2, -0.15) is 0 Å². The normalized spacial score (nSPS) is 18.0. The summed E-state index contributed by atoms with van der Waals surface area (Å²) >= 11 is 0. The van der Waals surface area contributed by atoms with Crippen LogP contribution in [0.15, 0.2) is 48.5 Å². The summed E-state index contributed by atoms with van der Waals surface area (Å²) < 4.78 is 5.48. The molecule has 0 amide bonds. The van der Waals surface area contributed by atoms with E-state index in [1.165, 1.54) is 16.7 Å². The van der Waals surface area contributed by atoms with Crippen LogP contribution in [0.5, 0.6) is 5.75 Å². The second kappa shape index (κ2) is 5.65. The maximum atomic E-state index is 5.79. The predicted molar refractivity (Wildman–Crippen MR) is 80.6 cm³/mol. The molecule has 3 N–H and O–H groups in total. The van der Waals surface area contributed by atoms with Crippen LogP contribution in [0, 0.1) is 0 Å². The van der Waals surface area contributed by atoms with Crippen LogP contribution in [0.25, 0.3) is 0 Å². The van der Waals surface area contributed by atoms with Gasteiger partial charge in [0, 0.05) is 5.92 Å². The Balaban J connectivity index is 1.81. The van der Waals surface area contributed by atoms with Crippen LogP contribution in [0.3, 0.4) is 0 Å². The van der Waals surface area contributed by atoms with Crippen molar-refractivity contribution >= 4 is 0 Å². The monoisotopic (exact) mass is 268 g/mol. The lowest BCUT2D eigenvalue weighted by Crippen LogP contribution is -2.37. The Labute approximate surface area is 119 Å². The Morgan fingerprint density at radius 3 is 2.60 bits per heavy atom. The van der Waals surface area contributed by atoms with Crippen molar-refractivity contribution in [2.45, 2.75) is 25.3 Å². The van der Waals surface area contributed by atoms with Gasteiger partial charge in [-0.3, -0.25) is 11.3 Å². The number of ether oxygens (including phenoxy) is 1. The van der Waals surface area contributed by atoms with Gasteiger partial charge in [0.1, 0.15) is 5.75 Å². The smallest absolute Gasteiger partial charge is 0.119 e. The molecule has 2 aromatic rings. The molecule has 1 aliphatic carbocycles. The van der Waals surface area contributed by atoms with Crippen molar-refractivity contribution in [3.63, 3.8) is 0 Å². The summed E-state index contributed by atoms with van der Waals surface area (Å²) in [6.07, 6.45) is 1.08. The molecule has 0 bridgehead atoms. The van der Waals surface area contributed by atoms with Gasteiger partial charge >= 0.3 is 0 Å². The third kappa shape index (κ3) is 2.30. The summed E-state index contributed by atoms with van der Waals surface area (Å²) in [5, 5.41) is 0. The third-order valence-corrected chi connectivity index (χ3v) is 4.03. The molecule has 0 aromatic heterocycles. The number of benzene rings is 2. The quantitative estimate of drug-likeness (QED) is 0.647. The highest BCUT2D eigenvalue weighted by molar-refractivity contribution is 5.43. The Bertz CT molecular complexity index is 580. The molecule has 104 valence electrons. The van der Waals surface area contributed by atoms with Crippen LogP contribution in [-0.2, 0) is 6.42 Å². The first kappa shape index (κ1) is 13.2. The highest BCUT2D eigenvalue weighted by Crippen LogP contribution is 2.43. The van der Waals surface area contributed by atoms with Crippen molar-refractivity contribution in [1.82, 2.24) is 5.43 Å². The Kier molecular flexibility index (Phi) is 3.72. The van der Waals surface area contributed by atoms with Crippen LogP contribution in [-0.4, -0.2) is 6.61 Å². The number of hydrazine groups is 1. The lowest BCUT2D eigenvalue weighted by molar-refractivity contribution is 0.339. The molecule has 0 saturated heterocycles. The highest BCUT2D eigenvalue weighted by Gasteiger charge is 2.32. The Morgan fingerprint density at radius 2 is 1.95 bits per heavy atom. The molecular weight excluding hydrogens is 248 g/mol. The van der Waals surface area contributed by atoms with E-state index >= 15 is 0 Å². The molecule has 2 unspecified atom stereocenters. The van der Waals surface area contributed by atoms with Gasteiger partial charge in [-0.25, -0.2) is 0 Å². The van der Waals surface area contributed by atoms with E-state index in [0.29, 0.717) is 12.5 Å². The zero-order chi connectivity index (χ0) is 13.9. The first-order valence-corrected chi connectivity index (χ1v) is 7.10. The summed E-state index contributed by atoms with van der Waals surface area (Å²) in [6, 6.07) is 16.9. The van der Waals surface area contributed by atoms with Crippen molar-refractivity contribution < 1.29 is 4.74 Å². The second-order valence-electron chi connectivity index (χ2n) is 5.16. The molecule has 0 fully saturated rings. The van der Waals surface area contributed by atoms with Gasteiger partial charge in [0.25, 0.3) is 0 Å². The van der Waals surface area contributed by atoms with E-state index < -0.39 is 0 Å². The van der Waals surface area contributed by atoms with Gasteiger partial charge in [0.05, 0.1) is 12.6 Å². The topological polar surface area (TPSA) is 47.3 Å². The Morgan fingerprint density at radius 1 is 1.20 bits per heavy atom. The minimum atomic E-state index is 0.153. The molecule has 0 radical (unpaired) electrons. The van der Waals surface area contributed by atoms with E-state index in [1.54, 1.807) is 0 Å². The largest absolute Gasteiger partial charge is 0.494 e. The van der Waals surface area contributed by atoms with Gasteiger partial charge in [0.2, 0.25) is 0 Å².